The molecule has 2 rings (SSSR count). The van der Waals surface area contributed by atoms with Gasteiger partial charge >= 0.3 is 0 Å². The zero-order chi connectivity index (χ0) is 15.6. The number of carbonyl (C=O) groups is 1. The van der Waals surface area contributed by atoms with Crippen molar-refractivity contribution >= 4 is 21.7 Å². The van der Waals surface area contributed by atoms with Crippen molar-refractivity contribution < 1.29 is 17.8 Å². The first-order valence-electron chi connectivity index (χ1n) is 6.23. The molecule has 0 aliphatic carbocycles. The lowest BCUT2D eigenvalue weighted by Gasteiger charge is -2.08. The zero-order valence-electron chi connectivity index (χ0n) is 11.6. The van der Waals surface area contributed by atoms with Gasteiger partial charge in [-0.05, 0) is 43.7 Å². The van der Waals surface area contributed by atoms with Gasteiger partial charge in [0.05, 0.1) is 4.90 Å². The Morgan fingerprint density at radius 1 is 1.05 bits per heavy atom. The van der Waals surface area contributed by atoms with Crippen LogP contribution in [0.15, 0.2) is 47.4 Å². The second-order valence-electron chi connectivity index (χ2n) is 4.78. The van der Waals surface area contributed by atoms with E-state index in [4.69, 9.17) is 4.55 Å². The first-order valence-corrected chi connectivity index (χ1v) is 7.67. The third-order valence-electron chi connectivity index (χ3n) is 3.04. The summed E-state index contributed by atoms with van der Waals surface area (Å²) in [7, 11) is -4.31. The summed E-state index contributed by atoms with van der Waals surface area (Å²) in [6, 6.07) is 11.3. The average molecular weight is 305 g/mol. The van der Waals surface area contributed by atoms with Crippen molar-refractivity contribution in [2.45, 2.75) is 18.7 Å². The first-order chi connectivity index (χ1) is 9.77. The number of carbonyl (C=O) groups excluding carboxylic acids is 1. The van der Waals surface area contributed by atoms with E-state index in [-0.39, 0.29) is 10.8 Å². The quantitative estimate of drug-likeness (QED) is 0.854. The Balaban J connectivity index is 2.28. The highest BCUT2D eigenvalue weighted by molar-refractivity contribution is 7.85. The summed E-state index contributed by atoms with van der Waals surface area (Å²) in [5.74, 6) is -0.347. The van der Waals surface area contributed by atoms with Crippen LogP contribution in [0.2, 0.25) is 0 Å². The van der Waals surface area contributed by atoms with Gasteiger partial charge in [0.15, 0.2) is 0 Å². The van der Waals surface area contributed by atoms with Gasteiger partial charge in [-0.1, -0.05) is 23.8 Å². The van der Waals surface area contributed by atoms with Gasteiger partial charge in [0.2, 0.25) is 0 Å². The van der Waals surface area contributed by atoms with Crippen LogP contribution in [0.25, 0.3) is 0 Å². The van der Waals surface area contributed by atoms with E-state index in [0.717, 1.165) is 5.56 Å². The number of hydrogen-bond acceptors (Lipinski definition) is 3. The summed E-state index contributed by atoms with van der Waals surface area (Å²) in [6.45, 7) is 3.48. The minimum Gasteiger partial charge on any atom is -0.322 e. The molecule has 2 aromatic carbocycles. The van der Waals surface area contributed by atoms with Crippen molar-refractivity contribution in [2.75, 3.05) is 5.32 Å². The highest BCUT2D eigenvalue weighted by atomic mass is 32.2. The standard InChI is InChI=1S/C15H15NO4S/c1-10-3-6-12(7-4-10)15(17)16-13-8-5-11(2)14(9-13)21(18,19)20/h3-9H,1-2H3,(H,16,17)(H,18,19,20). The van der Waals surface area contributed by atoms with Crippen LogP contribution in [0, 0.1) is 13.8 Å². The molecule has 0 heterocycles. The highest BCUT2D eigenvalue weighted by Crippen LogP contribution is 2.20. The summed E-state index contributed by atoms with van der Waals surface area (Å²) in [5.41, 5.74) is 2.22. The normalized spacial score (nSPS) is 11.2. The van der Waals surface area contributed by atoms with E-state index in [1.54, 1.807) is 25.1 Å². The van der Waals surface area contributed by atoms with Crippen LogP contribution in [0.5, 0.6) is 0 Å². The van der Waals surface area contributed by atoms with Crippen molar-refractivity contribution in [3.8, 4) is 0 Å². The fourth-order valence-electron chi connectivity index (χ4n) is 1.86. The molecular formula is C15H15NO4S. The molecule has 0 aromatic heterocycles. The lowest BCUT2D eigenvalue weighted by molar-refractivity contribution is 0.102. The Morgan fingerprint density at radius 2 is 1.67 bits per heavy atom. The molecule has 0 radical (unpaired) electrons. The molecule has 6 heteroatoms. The summed E-state index contributed by atoms with van der Waals surface area (Å²) in [6.07, 6.45) is 0. The van der Waals surface area contributed by atoms with Gasteiger partial charge in [-0.2, -0.15) is 8.42 Å². The van der Waals surface area contributed by atoms with Gasteiger partial charge in [-0.3, -0.25) is 9.35 Å². The topological polar surface area (TPSA) is 83.5 Å². The molecule has 0 unspecified atom stereocenters. The monoisotopic (exact) mass is 305 g/mol. The predicted octanol–water partition coefficient (Wildman–Crippen LogP) is 2.80. The molecule has 0 saturated heterocycles. The summed E-state index contributed by atoms with van der Waals surface area (Å²) in [4.78, 5) is 11.8. The average Bonchev–Trinajstić information content (AvgIpc) is 2.40. The summed E-state index contributed by atoms with van der Waals surface area (Å²) >= 11 is 0. The van der Waals surface area contributed by atoms with Crippen LogP contribution in [0.4, 0.5) is 5.69 Å². The van der Waals surface area contributed by atoms with Crippen molar-refractivity contribution in [1.82, 2.24) is 0 Å². The molecule has 110 valence electrons. The molecule has 0 atom stereocenters. The second-order valence-corrected chi connectivity index (χ2v) is 6.17. The van der Waals surface area contributed by atoms with Crippen molar-refractivity contribution in [3.63, 3.8) is 0 Å². The molecule has 0 bridgehead atoms. The maximum absolute atomic E-state index is 12.0. The molecule has 2 N–H and O–H groups in total. The summed E-state index contributed by atoms with van der Waals surface area (Å²) < 4.78 is 31.6. The van der Waals surface area contributed by atoms with E-state index >= 15 is 0 Å². The number of anilines is 1. The van der Waals surface area contributed by atoms with Gasteiger partial charge in [0.25, 0.3) is 16.0 Å². The zero-order valence-corrected chi connectivity index (χ0v) is 12.4. The Hall–Kier alpha value is -2.18. The minimum atomic E-state index is -4.31. The Bertz CT molecular complexity index is 780. The van der Waals surface area contributed by atoms with Crippen LogP contribution in [0.3, 0.4) is 0 Å². The summed E-state index contributed by atoms with van der Waals surface area (Å²) in [5, 5.41) is 2.60. The molecule has 0 saturated carbocycles. The first kappa shape index (κ1) is 15.2. The number of rotatable bonds is 3. The Morgan fingerprint density at radius 3 is 2.24 bits per heavy atom. The number of nitrogens with one attached hydrogen (secondary N) is 1. The third kappa shape index (κ3) is 3.68. The SMILES string of the molecule is Cc1ccc(C(=O)Nc2ccc(C)c(S(=O)(=O)O)c2)cc1. The largest absolute Gasteiger partial charge is 0.322 e. The number of hydrogen-bond donors (Lipinski definition) is 2. The highest BCUT2D eigenvalue weighted by Gasteiger charge is 2.14. The molecule has 1 amide bonds. The van der Waals surface area contributed by atoms with Gasteiger partial charge < -0.3 is 5.32 Å². The van der Waals surface area contributed by atoms with E-state index in [2.05, 4.69) is 5.32 Å². The molecule has 0 aliphatic rings. The maximum Gasteiger partial charge on any atom is 0.294 e. The van der Waals surface area contributed by atoms with Crippen molar-refractivity contribution in [2.24, 2.45) is 0 Å². The molecule has 2 aromatic rings. The van der Waals surface area contributed by atoms with E-state index < -0.39 is 10.1 Å². The smallest absolute Gasteiger partial charge is 0.294 e. The number of aryl methyl sites for hydroxylation is 2. The fourth-order valence-corrected chi connectivity index (χ4v) is 2.61. The van der Waals surface area contributed by atoms with Crippen molar-refractivity contribution in [3.05, 3.63) is 59.2 Å². The minimum absolute atomic E-state index is 0.218. The van der Waals surface area contributed by atoms with Crippen LogP contribution in [-0.4, -0.2) is 18.9 Å². The van der Waals surface area contributed by atoms with E-state index in [9.17, 15) is 13.2 Å². The fraction of sp³-hybridized carbons (Fsp3) is 0.133. The van der Waals surface area contributed by atoms with Gasteiger partial charge in [0.1, 0.15) is 0 Å². The lowest BCUT2D eigenvalue weighted by atomic mass is 10.1. The van der Waals surface area contributed by atoms with Crippen LogP contribution < -0.4 is 5.32 Å². The maximum atomic E-state index is 12.0. The molecule has 0 fully saturated rings. The molecule has 0 aliphatic heterocycles. The van der Waals surface area contributed by atoms with E-state index in [0.29, 0.717) is 16.8 Å². The van der Waals surface area contributed by atoms with E-state index in [1.165, 1.54) is 12.1 Å². The Labute approximate surface area is 123 Å². The third-order valence-corrected chi connectivity index (χ3v) is 4.03. The number of amides is 1. The van der Waals surface area contributed by atoms with Gasteiger partial charge in [-0.25, -0.2) is 0 Å². The molecular weight excluding hydrogens is 290 g/mol. The second kappa shape index (κ2) is 5.67. The predicted molar refractivity (Wildman–Crippen MR) is 80.1 cm³/mol. The molecule has 21 heavy (non-hydrogen) atoms. The Kier molecular flexibility index (Phi) is 4.11. The van der Waals surface area contributed by atoms with Crippen LogP contribution >= 0.6 is 0 Å². The molecule has 5 nitrogen and oxygen atoms in total. The number of benzene rings is 2. The van der Waals surface area contributed by atoms with Crippen LogP contribution in [0.1, 0.15) is 21.5 Å². The van der Waals surface area contributed by atoms with Gasteiger partial charge in [0, 0.05) is 11.3 Å². The van der Waals surface area contributed by atoms with Crippen LogP contribution in [-0.2, 0) is 10.1 Å². The molecule has 0 spiro atoms. The van der Waals surface area contributed by atoms with E-state index in [1.807, 2.05) is 19.1 Å². The lowest BCUT2D eigenvalue weighted by Crippen LogP contribution is -2.12. The van der Waals surface area contributed by atoms with Gasteiger partial charge in [-0.15, -0.1) is 0 Å². The van der Waals surface area contributed by atoms with Crippen molar-refractivity contribution in [1.29, 1.82) is 0 Å².